The third-order valence-electron chi connectivity index (χ3n) is 3.49. The van der Waals surface area contributed by atoms with Crippen LogP contribution in [0.5, 0.6) is 0 Å². The van der Waals surface area contributed by atoms with Crippen molar-refractivity contribution in [2.24, 2.45) is 0 Å². The van der Waals surface area contributed by atoms with Crippen molar-refractivity contribution in [3.63, 3.8) is 0 Å². The van der Waals surface area contributed by atoms with Crippen LogP contribution < -0.4 is 5.32 Å². The minimum Gasteiger partial charge on any atom is -0.387 e. The molecule has 0 radical (unpaired) electrons. The first-order chi connectivity index (χ1) is 9.89. The molecule has 0 aliphatic carbocycles. The summed E-state index contributed by atoms with van der Waals surface area (Å²) in [6.45, 7) is 6.96. The minimum absolute atomic E-state index is 0.0545. The van der Waals surface area contributed by atoms with Gasteiger partial charge >= 0.3 is 0 Å². The molecule has 0 bridgehead atoms. The molecule has 1 atom stereocenters. The minimum atomic E-state index is -0.633. The van der Waals surface area contributed by atoms with Crippen molar-refractivity contribution in [3.8, 4) is 0 Å². The molecule has 0 heterocycles. The molecule has 0 aromatic heterocycles. The number of benzene rings is 2. The van der Waals surface area contributed by atoms with E-state index in [0.29, 0.717) is 11.6 Å². The van der Waals surface area contributed by atoms with Crippen LogP contribution in [-0.2, 0) is 5.41 Å². The fraction of sp³-hybridized carbons (Fsp3) is 0.333. The van der Waals surface area contributed by atoms with Crippen LogP contribution >= 0.6 is 11.6 Å². The van der Waals surface area contributed by atoms with E-state index in [1.165, 1.54) is 5.56 Å². The maximum atomic E-state index is 10.3. The quantitative estimate of drug-likeness (QED) is 0.851. The predicted molar refractivity (Wildman–Crippen MR) is 90.0 cm³/mol. The number of para-hydroxylation sites is 1. The molecular formula is C18H22ClNO. The largest absolute Gasteiger partial charge is 0.387 e. The van der Waals surface area contributed by atoms with E-state index in [1.54, 1.807) is 6.07 Å². The molecule has 112 valence electrons. The van der Waals surface area contributed by atoms with Gasteiger partial charge in [-0.15, -0.1) is 0 Å². The van der Waals surface area contributed by atoms with Crippen LogP contribution in [0, 0.1) is 0 Å². The molecule has 2 aromatic carbocycles. The van der Waals surface area contributed by atoms with Gasteiger partial charge in [-0.1, -0.05) is 68.8 Å². The molecule has 0 aliphatic rings. The Bertz CT molecular complexity index is 604. The molecule has 2 nitrogen and oxygen atoms in total. The Morgan fingerprint density at radius 1 is 1.05 bits per heavy atom. The van der Waals surface area contributed by atoms with Gasteiger partial charge in [0.2, 0.25) is 0 Å². The first-order valence-electron chi connectivity index (χ1n) is 7.15. The van der Waals surface area contributed by atoms with Gasteiger partial charge < -0.3 is 10.4 Å². The second-order valence-corrected chi connectivity index (χ2v) is 6.62. The molecule has 0 aliphatic heterocycles. The van der Waals surface area contributed by atoms with Crippen molar-refractivity contribution in [3.05, 3.63) is 64.7 Å². The van der Waals surface area contributed by atoms with Crippen LogP contribution in [-0.4, -0.2) is 11.7 Å². The Morgan fingerprint density at radius 2 is 1.67 bits per heavy atom. The van der Waals surface area contributed by atoms with Crippen molar-refractivity contribution in [2.45, 2.75) is 32.3 Å². The summed E-state index contributed by atoms with van der Waals surface area (Å²) in [6, 6.07) is 15.6. The Labute approximate surface area is 131 Å². The third-order valence-corrected chi connectivity index (χ3v) is 3.83. The smallest absolute Gasteiger partial charge is 0.0976 e. The normalized spacial score (nSPS) is 13.0. The standard InChI is InChI=1S/C18H22ClNO/c1-18(2,3)14-9-5-7-11-16(14)20-12-17(21)13-8-4-6-10-15(13)19/h4-11,17,20-21H,12H2,1-3H3. The van der Waals surface area contributed by atoms with E-state index < -0.39 is 6.10 Å². The number of anilines is 1. The van der Waals surface area contributed by atoms with Gasteiger partial charge in [0.1, 0.15) is 0 Å². The van der Waals surface area contributed by atoms with Gasteiger partial charge in [0.15, 0.2) is 0 Å². The van der Waals surface area contributed by atoms with Crippen molar-refractivity contribution in [1.29, 1.82) is 0 Å². The van der Waals surface area contributed by atoms with E-state index in [4.69, 9.17) is 11.6 Å². The lowest BCUT2D eigenvalue weighted by molar-refractivity contribution is 0.191. The van der Waals surface area contributed by atoms with E-state index in [1.807, 2.05) is 36.4 Å². The lowest BCUT2D eigenvalue weighted by Crippen LogP contribution is -2.18. The van der Waals surface area contributed by atoms with Gasteiger partial charge in [-0.25, -0.2) is 0 Å². The SMILES string of the molecule is CC(C)(C)c1ccccc1NCC(O)c1ccccc1Cl. The fourth-order valence-corrected chi connectivity index (χ4v) is 2.61. The summed E-state index contributed by atoms with van der Waals surface area (Å²) >= 11 is 6.12. The highest BCUT2D eigenvalue weighted by Crippen LogP contribution is 2.30. The van der Waals surface area contributed by atoms with E-state index in [0.717, 1.165) is 11.3 Å². The van der Waals surface area contributed by atoms with Crippen molar-refractivity contribution in [1.82, 2.24) is 0 Å². The first kappa shape index (κ1) is 15.9. The molecule has 3 heteroatoms. The van der Waals surface area contributed by atoms with Gasteiger partial charge in [0.05, 0.1) is 6.10 Å². The Kier molecular flexibility index (Phi) is 4.92. The molecule has 2 N–H and O–H groups in total. The molecule has 2 aromatic rings. The number of aliphatic hydroxyl groups excluding tert-OH is 1. The molecule has 2 rings (SSSR count). The number of hydrogen-bond donors (Lipinski definition) is 2. The van der Waals surface area contributed by atoms with Crippen LogP contribution in [0.3, 0.4) is 0 Å². The van der Waals surface area contributed by atoms with Crippen LogP contribution in [0.4, 0.5) is 5.69 Å². The van der Waals surface area contributed by atoms with Crippen LogP contribution in [0.1, 0.15) is 38.0 Å². The van der Waals surface area contributed by atoms with Crippen LogP contribution in [0.2, 0.25) is 5.02 Å². The van der Waals surface area contributed by atoms with Gasteiger partial charge in [-0.3, -0.25) is 0 Å². The van der Waals surface area contributed by atoms with E-state index in [-0.39, 0.29) is 5.41 Å². The van der Waals surface area contributed by atoms with Gasteiger partial charge in [0, 0.05) is 22.8 Å². The summed E-state index contributed by atoms with van der Waals surface area (Å²) < 4.78 is 0. The predicted octanol–water partition coefficient (Wildman–Crippen LogP) is 4.78. The molecule has 0 saturated heterocycles. The summed E-state index contributed by atoms with van der Waals surface area (Å²) in [5, 5.41) is 14.2. The topological polar surface area (TPSA) is 32.3 Å². The highest BCUT2D eigenvalue weighted by molar-refractivity contribution is 6.31. The van der Waals surface area contributed by atoms with Gasteiger partial charge in [-0.2, -0.15) is 0 Å². The third kappa shape index (κ3) is 3.99. The molecule has 0 saturated carbocycles. The van der Waals surface area contributed by atoms with Crippen molar-refractivity contribution >= 4 is 17.3 Å². The summed E-state index contributed by atoms with van der Waals surface area (Å²) in [6.07, 6.45) is -0.633. The van der Waals surface area contributed by atoms with Crippen LogP contribution in [0.25, 0.3) is 0 Å². The zero-order valence-electron chi connectivity index (χ0n) is 12.7. The maximum absolute atomic E-state index is 10.3. The number of hydrogen-bond acceptors (Lipinski definition) is 2. The van der Waals surface area contributed by atoms with E-state index >= 15 is 0 Å². The monoisotopic (exact) mass is 303 g/mol. The number of halogens is 1. The molecule has 0 amide bonds. The fourth-order valence-electron chi connectivity index (χ4n) is 2.35. The first-order valence-corrected chi connectivity index (χ1v) is 7.53. The summed E-state index contributed by atoms with van der Waals surface area (Å²) in [7, 11) is 0. The second-order valence-electron chi connectivity index (χ2n) is 6.21. The van der Waals surface area contributed by atoms with Gasteiger partial charge in [0.25, 0.3) is 0 Å². The van der Waals surface area contributed by atoms with Crippen LogP contribution in [0.15, 0.2) is 48.5 Å². The van der Waals surface area contributed by atoms with E-state index in [9.17, 15) is 5.11 Å². The average molecular weight is 304 g/mol. The Morgan fingerprint density at radius 3 is 2.33 bits per heavy atom. The lowest BCUT2D eigenvalue weighted by Gasteiger charge is -2.24. The maximum Gasteiger partial charge on any atom is 0.0976 e. The Balaban J connectivity index is 2.12. The Hall–Kier alpha value is -1.51. The summed E-state index contributed by atoms with van der Waals surface area (Å²) in [5.41, 5.74) is 3.09. The number of rotatable bonds is 4. The highest BCUT2D eigenvalue weighted by Gasteiger charge is 2.18. The average Bonchev–Trinajstić information content (AvgIpc) is 2.44. The number of aliphatic hydroxyl groups is 1. The number of nitrogens with one attached hydrogen (secondary N) is 1. The lowest BCUT2D eigenvalue weighted by atomic mass is 9.86. The summed E-state index contributed by atoms with van der Waals surface area (Å²) in [5.74, 6) is 0. The molecule has 0 fully saturated rings. The highest BCUT2D eigenvalue weighted by atomic mass is 35.5. The zero-order valence-corrected chi connectivity index (χ0v) is 13.5. The second kappa shape index (κ2) is 6.50. The van der Waals surface area contributed by atoms with Gasteiger partial charge in [-0.05, 0) is 23.1 Å². The molecular weight excluding hydrogens is 282 g/mol. The zero-order chi connectivity index (χ0) is 15.5. The molecule has 0 spiro atoms. The van der Waals surface area contributed by atoms with Crippen molar-refractivity contribution < 1.29 is 5.11 Å². The summed E-state index contributed by atoms with van der Waals surface area (Å²) in [4.78, 5) is 0. The van der Waals surface area contributed by atoms with Crippen molar-refractivity contribution in [2.75, 3.05) is 11.9 Å². The molecule has 21 heavy (non-hydrogen) atoms. The molecule has 1 unspecified atom stereocenters. The van der Waals surface area contributed by atoms with E-state index in [2.05, 4.69) is 32.2 Å².